The molecule has 1 saturated heterocycles. The molecule has 0 bridgehead atoms. The fraction of sp³-hybridized carbons (Fsp3) is 0.300. The molecule has 1 heterocycles. The first-order valence-corrected chi connectivity index (χ1v) is 8.96. The normalized spacial score (nSPS) is 13.2. The lowest BCUT2D eigenvalue weighted by Crippen LogP contribution is -2.27. The number of benzene rings is 2. The maximum Gasteiger partial charge on any atom is 0.321 e. The van der Waals surface area contributed by atoms with Crippen LogP contribution in [0.1, 0.15) is 13.3 Å². The second-order valence-corrected chi connectivity index (χ2v) is 6.09. The van der Waals surface area contributed by atoms with Crippen molar-refractivity contribution in [1.82, 2.24) is 5.32 Å². The van der Waals surface area contributed by atoms with Gasteiger partial charge in [-0.25, -0.2) is 4.79 Å². The van der Waals surface area contributed by atoms with Crippen molar-refractivity contribution in [3.8, 4) is 11.5 Å². The SMILES string of the molecule is CCCOc1ccc(OCC(=O)Nc2cccc(N3CCNC3=O)c2)cc1. The number of hydrogen-bond donors (Lipinski definition) is 2. The first-order valence-electron chi connectivity index (χ1n) is 8.96. The van der Waals surface area contributed by atoms with Crippen molar-refractivity contribution in [3.63, 3.8) is 0 Å². The molecule has 0 spiro atoms. The lowest BCUT2D eigenvalue weighted by atomic mass is 10.2. The van der Waals surface area contributed by atoms with Crippen LogP contribution in [-0.2, 0) is 4.79 Å². The van der Waals surface area contributed by atoms with Crippen LogP contribution in [0.25, 0.3) is 0 Å². The third kappa shape index (κ3) is 5.13. The summed E-state index contributed by atoms with van der Waals surface area (Å²) in [4.78, 5) is 25.5. The highest BCUT2D eigenvalue weighted by Crippen LogP contribution is 2.21. The second kappa shape index (κ2) is 8.93. The molecule has 3 rings (SSSR count). The molecular weight excluding hydrogens is 346 g/mol. The number of hydrogen-bond acceptors (Lipinski definition) is 4. The fourth-order valence-electron chi connectivity index (χ4n) is 2.67. The first-order chi connectivity index (χ1) is 13.2. The molecule has 0 aliphatic carbocycles. The van der Waals surface area contributed by atoms with Crippen molar-refractivity contribution in [2.24, 2.45) is 0 Å². The van der Waals surface area contributed by atoms with Crippen LogP contribution in [0.2, 0.25) is 0 Å². The summed E-state index contributed by atoms with van der Waals surface area (Å²) in [6, 6.07) is 14.2. The summed E-state index contributed by atoms with van der Waals surface area (Å²) in [6.45, 7) is 3.83. The number of urea groups is 1. The predicted molar refractivity (Wildman–Crippen MR) is 104 cm³/mol. The minimum Gasteiger partial charge on any atom is -0.494 e. The number of nitrogens with one attached hydrogen (secondary N) is 2. The van der Waals surface area contributed by atoms with Crippen LogP contribution in [-0.4, -0.2) is 38.2 Å². The predicted octanol–water partition coefficient (Wildman–Crippen LogP) is 3.02. The third-order valence-corrected chi connectivity index (χ3v) is 3.96. The van der Waals surface area contributed by atoms with E-state index >= 15 is 0 Å². The van der Waals surface area contributed by atoms with E-state index < -0.39 is 0 Å². The zero-order chi connectivity index (χ0) is 19.1. The molecule has 7 heteroatoms. The number of carbonyl (C=O) groups excluding carboxylic acids is 2. The highest BCUT2D eigenvalue weighted by atomic mass is 16.5. The highest BCUT2D eigenvalue weighted by Gasteiger charge is 2.21. The standard InChI is InChI=1S/C20H23N3O4/c1-2-12-26-17-6-8-18(9-7-17)27-14-19(24)22-15-4-3-5-16(13-15)23-11-10-21-20(23)25/h3-9,13H,2,10-12,14H2,1H3,(H,21,25)(H,22,24). The van der Waals surface area contributed by atoms with Crippen LogP contribution in [0.15, 0.2) is 48.5 Å². The van der Waals surface area contributed by atoms with E-state index in [-0.39, 0.29) is 18.5 Å². The van der Waals surface area contributed by atoms with E-state index in [9.17, 15) is 9.59 Å². The molecule has 2 aromatic carbocycles. The van der Waals surface area contributed by atoms with Gasteiger partial charge in [-0.05, 0) is 48.9 Å². The van der Waals surface area contributed by atoms with Crippen LogP contribution < -0.4 is 25.0 Å². The fourth-order valence-corrected chi connectivity index (χ4v) is 2.67. The molecule has 0 unspecified atom stereocenters. The van der Waals surface area contributed by atoms with Gasteiger partial charge in [-0.15, -0.1) is 0 Å². The van der Waals surface area contributed by atoms with Gasteiger partial charge in [-0.1, -0.05) is 13.0 Å². The van der Waals surface area contributed by atoms with Gasteiger partial charge in [-0.2, -0.15) is 0 Å². The molecule has 0 atom stereocenters. The summed E-state index contributed by atoms with van der Waals surface area (Å²) >= 11 is 0. The van der Waals surface area contributed by atoms with Gasteiger partial charge in [-0.3, -0.25) is 9.69 Å². The molecule has 27 heavy (non-hydrogen) atoms. The molecule has 142 valence electrons. The van der Waals surface area contributed by atoms with Crippen LogP contribution in [0, 0.1) is 0 Å². The molecule has 1 fully saturated rings. The lowest BCUT2D eigenvalue weighted by Gasteiger charge is -2.15. The van der Waals surface area contributed by atoms with Crippen molar-refractivity contribution in [2.45, 2.75) is 13.3 Å². The Bertz CT molecular complexity index is 792. The molecule has 3 amide bonds. The third-order valence-electron chi connectivity index (χ3n) is 3.96. The quantitative estimate of drug-likeness (QED) is 0.750. The van der Waals surface area contributed by atoms with Crippen molar-refractivity contribution in [2.75, 3.05) is 36.5 Å². The maximum atomic E-state index is 12.1. The Balaban J connectivity index is 1.51. The number of ether oxygens (including phenoxy) is 2. The summed E-state index contributed by atoms with van der Waals surface area (Å²) in [6.07, 6.45) is 0.946. The largest absolute Gasteiger partial charge is 0.494 e. The molecule has 0 radical (unpaired) electrons. The minimum atomic E-state index is -0.274. The van der Waals surface area contributed by atoms with E-state index in [1.807, 2.05) is 25.1 Å². The Morgan fingerprint density at radius 3 is 2.56 bits per heavy atom. The number of anilines is 2. The Hall–Kier alpha value is -3.22. The van der Waals surface area contributed by atoms with E-state index in [1.165, 1.54) is 0 Å². The van der Waals surface area contributed by atoms with Gasteiger partial charge in [0, 0.05) is 24.5 Å². The molecule has 0 aromatic heterocycles. The van der Waals surface area contributed by atoms with E-state index in [1.54, 1.807) is 35.2 Å². The topological polar surface area (TPSA) is 79.9 Å². The van der Waals surface area contributed by atoms with Gasteiger partial charge in [0.25, 0.3) is 5.91 Å². The molecule has 2 N–H and O–H groups in total. The smallest absolute Gasteiger partial charge is 0.321 e. The molecule has 1 aliphatic heterocycles. The Morgan fingerprint density at radius 2 is 1.89 bits per heavy atom. The zero-order valence-corrected chi connectivity index (χ0v) is 15.2. The number of carbonyl (C=O) groups is 2. The van der Waals surface area contributed by atoms with Crippen molar-refractivity contribution in [3.05, 3.63) is 48.5 Å². The van der Waals surface area contributed by atoms with Crippen molar-refractivity contribution >= 4 is 23.3 Å². The van der Waals surface area contributed by atoms with Gasteiger partial charge >= 0.3 is 6.03 Å². The number of rotatable bonds is 8. The summed E-state index contributed by atoms with van der Waals surface area (Å²) in [5.41, 5.74) is 1.36. The Morgan fingerprint density at radius 1 is 1.15 bits per heavy atom. The van der Waals surface area contributed by atoms with Gasteiger partial charge in [0.15, 0.2) is 6.61 Å². The van der Waals surface area contributed by atoms with E-state index in [2.05, 4.69) is 10.6 Å². The minimum absolute atomic E-state index is 0.108. The molecule has 0 saturated carbocycles. The summed E-state index contributed by atoms with van der Waals surface area (Å²) < 4.78 is 11.0. The van der Waals surface area contributed by atoms with E-state index in [0.717, 1.165) is 17.9 Å². The summed E-state index contributed by atoms with van der Waals surface area (Å²) in [5, 5.41) is 5.54. The Labute approximate surface area is 158 Å². The van der Waals surface area contributed by atoms with Gasteiger partial charge in [0.05, 0.1) is 6.61 Å². The summed E-state index contributed by atoms with van der Waals surface area (Å²) in [5.74, 6) is 1.09. The average Bonchev–Trinajstić information content (AvgIpc) is 3.12. The number of amides is 3. The van der Waals surface area contributed by atoms with Crippen molar-refractivity contribution in [1.29, 1.82) is 0 Å². The monoisotopic (exact) mass is 369 g/mol. The number of nitrogens with zero attached hydrogens (tertiary/aromatic N) is 1. The van der Waals surface area contributed by atoms with Crippen molar-refractivity contribution < 1.29 is 19.1 Å². The second-order valence-electron chi connectivity index (χ2n) is 6.09. The van der Waals surface area contributed by atoms with Crippen LogP contribution in [0.4, 0.5) is 16.2 Å². The molecule has 2 aromatic rings. The van der Waals surface area contributed by atoms with Crippen LogP contribution in [0.5, 0.6) is 11.5 Å². The van der Waals surface area contributed by atoms with E-state index in [0.29, 0.717) is 31.1 Å². The van der Waals surface area contributed by atoms with Gasteiger partial charge in [0.1, 0.15) is 11.5 Å². The average molecular weight is 369 g/mol. The van der Waals surface area contributed by atoms with Crippen LogP contribution in [0.3, 0.4) is 0 Å². The Kier molecular flexibility index (Phi) is 6.14. The summed E-state index contributed by atoms with van der Waals surface area (Å²) in [7, 11) is 0. The van der Waals surface area contributed by atoms with E-state index in [4.69, 9.17) is 9.47 Å². The highest BCUT2D eigenvalue weighted by molar-refractivity contribution is 5.96. The maximum absolute atomic E-state index is 12.1. The zero-order valence-electron chi connectivity index (χ0n) is 15.2. The van der Waals surface area contributed by atoms with Crippen LogP contribution >= 0.6 is 0 Å². The van der Waals surface area contributed by atoms with Gasteiger partial charge in [0.2, 0.25) is 0 Å². The molecular formula is C20H23N3O4. The lowest BCUT2D eigenvalue weighted by molar-refractivity contribution is -0.118. The van der Waals surface area contributed by atoms with Gasteiger partial charge < -0.3 is 20.1 Å². The molecule has 7 nitrogen and oxygen atoms in total. The first kappa shape index (κ1) is 18.6. The molecule has 1 aliphatic rings.